The van der Waals surface area contributed by atoms with Crippen LogP contribution in [0.4, 0.5) is 10.1 Å². The number of aryl methyl sites for hydroxylation is 1. The van der Waals surface area contributed by atoms with Gasteiger partial charge in [-0.2, -0.15) is 0 Å². The van der Waals surface area contributed by atoms with E-state index in [1.165, 1.54) is 22.9 Å². The van der Waals surface area contributed by atoms with Crippen molar-refractivity contribution in [3.63, 3.8) is 0 Å². The normalized spacial score (nSPS) is 15.1. The number of anilines is 1. The van der Waals surface area contributed by atoms with Gasteiger partial charge in [0, 0.05) is 45.0 Å². The number of halogens is 1. The number of piperazine rings is 1. The van der Waals surface area contributed by atoms with Gasteiger partial charge in [0.2, 0.25) is 0 Å². The Balaban J connectivity index is 1.68. The summed E-state index contributed by atoms with van der Waals surface area (Å²) in [6.45, 7) is 7.96. The molecule has 4 heteroatoms. The lowest BCUT2D eigenvalue weighted by atomic mass is 10.1. The molecule has 2 aromatic rings. The van der Waals surface area contributed by atoms with Gasteiger partial charge in [0.25, 0.3) is 0 Å². The second-order valence-corrected chi connectivity index (χ2v) is 6.72. The fourth-order valence-corrected chi connectivity index (χ4v) is 3.35. The number of nitrogens with one attached hydrogen (secondary N) is 1. The summed E-state index contributed by atoms with van der Waals surface area (Å²) < 4.78 is 13.3. The van der Waals surface area contributed by atoms with Crippen LogP contribution in [0.15, 0.2) is 42.5 Å². The monoisotopic (exact) mass is 327 g/mol. The first-order valence-corrected chi connectivity index (χ1v) is 8.59. The van der Waals surface area contributed by atoms with E-state index < -0.39 is 0 Å². The molecule has 3 rings (SSSR count). The Hall–Kier alpha value is -1.91. The number of benzene rings is 2. The Labute approximate surface area is 144 Å². The SMILES string of the molecule is Cc1cc(CN(C)Cc2cccc(F)c2)cc(N2CCNCC2)c1. The topological polar surface area (TPSA) is 18.5 Å². The minimum Gasteiger partial charge on any atom is -0.369 e. The summed E-state index contributed by atoms with van der Waals surface area (Å²) >= 11 is 0. The largest absolute Gasteiger partial charge is 0.369 e. The van der Waals surface area contributed by atoms with E-state index in [9.17, 15) is 4.39 Å². The summed E-state index contributed by atoms with van der Waals surface area (Å²) in [4.78, 5) is 4.67. The highest BCUT2D eigenvalue weighted by Crippen LogP contribution is 2.21. The van der Waals surface area contributed by atoms with E-state index >= 15 is 0 Å². The zero-order valence-corrected chi connectivity index (χ0v) is 14.6. The Morgan fingerprint density at radius 3 is 2.54 bits per heavy atom. The molecule has 128 valence electrons. The molecule has 0 radical (unpaired) electrons. The molecule has 1 heterocycles. The second kappa shape index (κ2) is 7.77. The standard InChI is InChI=1S/C20H26FN3/c1-16-10-18(13-20(11-16)24-8-6-22-7-9-24)15-23(2)14-17-4-3-5-19(21)12-17/h3-5,10-13,22H,6-9,14-15H2,1-2H3. The van der Waals surface area contributed by atoms with Gasteiger partial charge in [-0.15, -0.1) is 0 Å². The number of nitrogens with zero attached hydrogens (tertiary/aromatic N) is 2. The van der Waals surface area contributed by atoms with Gasteiger partial charge in [-0.25, -0.2) is 4.39 Å². The molecule has 0 spiro atoms. The van der Waals surface area contributed by atoms with Gasteiger partial charge >= 0.3 is 0 Å². The van der Waals surface area contributed by atoms with Crippen molar-refractivity contribution < 1.29 is 4.39 Å². The van der Waals surface area contributed by atoms with Gasteiger partial charge in [0.05, 0.1) is 0 Å². The molecule has 1 aliphatic rings. The number of hydrogen-bond acceptors (Lipinski definition) is 3. The zero-order valence-electron chi connectivity index (χ0n) is 14.6. The Morgan fingerprint density at radius 1 is 1.04 bits per heavy atom. The van der Waals surface area contributed by atoms with Crippen LogP contribution in [-0.4, -0.2) is 38.1 Å². The third kappa shape index (κ3) is 4.56. The quantitative estimate of drug-likeness (QED) is 0.910. The molecule has 0 aromatic heterocycles. The van der Waals surface area contributed by atoms with Crippen LogP contribution >= 0.6 is 0 Å². The molecule has 1 aliphatic heterocycles. The maximum absolute atomic E-state index is 13.3. The molecule has 0 bridgehead atoms. The van der Waals surface area contributed by atoms with E-state index in [2.05, 4.69) is 47.3 Å². The third-order valence-corrected chi connectivity index (χ3v) is 4.40. The molecule has 1 saturated heterocycles. The molecule has 3 nitrogen and oxygen atoms in total. The van der Waals surface area contributed by atoms with Crippen molar-refractivity contribution in [2.45, 2.75) is 20.0 Å². The van der Waals surface area contributed by atoms with Crippen LogP contribution in [-0.2, 0) is 13.1 Å². The molecule has 0 unspecified atom stereocenters. The van der Waals surface area contributed by atoms with Crippen molar-refractivity contribution in [3.05, 3.63) is 65.0 Å². The van der Waals surface area contributed by atoms with Gasteiger partial charge in [-0.05, 0) is 54.9 Å². The number of hydrogen-bond donors (Lipinski definition) is 1. The maximum atomic E-state index is 13.3. The molecule has 24 heavy (non-hydrogen) atoms. The van der Waals surface area contributed by atoms with E-state index in [1.54, 1.807) is 12.1 Å². The van der Waals surface area contributed by atoms with E-state index in [1.807, 2.05) is 6.07 Å². The molecule has 2 aromatic carbocycles. The first kappa shape index (κ1) is 16.9. The first-order chi connectivity index (χ1) is 11.6. The molecule has 0 amide bonds. The third-order valence-electron chi connectivity index (χ3n) is 4.40. The summed E-state index contributed by atoms with van der Waals surface area (Å²) in [6.07, 6.45) is 0. The highest BCUT2D eigenvalue weighted by atomic mass is 19.1. The van der Waals surface area contributed by atoms with Crippen LogP contribution in [0, 0.1) is 12.7 Å². The molecule has 1 N–H and O–H groups in total. The predicted octanol–water partition coefficient (Wildman–Crippen LogP) is 3.18. The fourth-order valence-electron chi connectivity index (χ4n) is 3.35. The average Bonchev–Trinajstić information content (AvgIpc) is 2.55. The van der Waals surface area contributed by atoms with Crippen LogP contribution in [0.25, 0.3) is 0 Å². The predicted molar refractivity (Wildman–Crippen MR) is 97.8 cm³/mol. The summed E-state index contributed by atoms with van der Waals surface area (Å²) in [6, 6.07) is 13.6. The van der Waals surface area contributed by atoms with Crippen molar-refractivity contribution in [1.82, 2.24) is 10.2 Å². The van der Waals surface area contributed by atoms with Crippen LogP contribution in [0.1, 0.15) is 16.7 Å². The molecule has 0 atom stereocenters. The summed E-state index contributed by atoms with van der Waals surface area (Å²) in [7, 11) is 2.08. The molecular formula is C20H26FN3. The van der Waals surface area contributed by atoms with Gasteiger partial charge in [0.1, 0.15) is 5.82 Å². The summed E-state index contributed by atoms with van der Waals surface area (Å²) in [5.74, 6) is -0.169. The van der Waals surface area contributed by atoms with E-state index in [0.717, 1.165) is 44.8 Å². The molecule has 0 aliphatic carbocycles. The van der Waals surface area contributed by atoms with Crippen molar-refractivity contribution in [1.29, 1.82) is 0 Å². The van der Waals surface area contributed by atoms with Gasteiger partial charge in [0.15, 0.2) is 0 Å². The van der Waals surface area contributed by atoms with Crippen LogP contribution in [0.5, 0.6) is 0 Å². The van der Waals surface area contributed by atoms with Crippen molar-refractivity contribution in [2.75, 3.05) is 38.1 Å². The van der Waals surface area contributed by atoms with E-state index in [-0.39, 0.29) is 5.82 Å². The van der Waals surface area contributed by atoms with Crippen LogP contribution in [0.3, 0.4) is 0 Å². The zero-order chi connectivity index (χ0) is 16.9. The minimum absolute atomic E-state index is 0.169. The Kier molecular flexibility index (Phi) is 5.48. The van der Waals surface area contributed by atoms with Gasteiger partial charge in [-0.3, -0.25) is 4.90 Å². The summed E-state index contributed by atoms with van der Waals surface area (Å²) in [5.41, 5.74) is 4.92. The smallest absolute Gasteiger partial charge is 0.123 e. The van der Waals surface area contributed by atoms with Crippen LogP contribution < -0.4 is 10.2 Å². The molecule has 0 saturated carbocycles. The minimum atomic E-state index is -0.169. The van der Waals surface area contributed by atoms with Crippen molar-refractivity contribution in [3.8, 4) is 0 Å². The van der Waals surface area contributed by atoms with Gasteiger partial charge in [-0.1, -0.05) is 18.2 Å². The fraction of sp³-hybridized carbons (Fsp3) is 0.400. The lowest BCUT2D eigenvalue weighted by molar-refractivity contribution is 0.318. The Morgan fingerprint density at radius 2 is 1.79 bits per heavy atom. The highest BCUT2D eigenvalue weighted by molar-refractivity contribution is 5.51. The maximum Gasteiger partial charge on any atom is 0.123 e. The molecule has 1 fully saturated rings. The lowest BCUT2D eigenvalue weighted by Gasteiger charge is -2.30. The van der Waals surface area contributed by atoms with Crippen LogP contribution in [0.2, 0.25) is 0 Å². The average molecular weight is 327 g/mol. The van der Waals surface area contributed by atoms with Gasteiger partial charge < -0.3 is 10.2 Å². The van der Waals surface area contributed by atoms with Crippen molar-refractivity contribution >= 4 is 5.69 Å². The van der Waals surface area contributed by atoms with E-state index in [4.69, 9.17) is 0 Å². The highest BCUT2D eigenvalue weighted by Gasteiger charge is 2.12. The first-order valence-electron chi connectivity index (χ1n) is 8.59. The summed E-state index contributed by atoms with van der Waals surface area (Å²) in [5, 5.41) is 3.40. The lowest BCUT2D eigenvalue weighted by Crippen LogP contribution is -2.43. The number of rotatable bonds is 5. The van der Waals surface area contributed by atoms with E-state index in [0.29, 0.717) is 0 Å². The Bertz CT molecular complexity index is 680. The molecular weight excluding hydrogens is 301 g/mol. The van der Waals surface area contributed by atoms with Crippen molar-refractivity contribution in [2.24, 2.45) is 0 Å². The second-order valence-electron chi connectivity index (χ2n) is 6.72.